The van der Waals surface area contributed by atoms with E-state index in [-0.39, 0.29) is 11.7 Å². The van der Waals surface area contributed by atoms with E-state index in [1.807, 2.05) is 60.4 Å². The second-order valence-corrected chi connectivity index (χ2v) is 9.83. The third-order valence-electron chi connectivity index (χ3n) is 7.14. The Balaban J connectivity index is 1.33. The van der Waals surface area contributed by atoms with Crippen molar-refractivity contribution >= 4 is 22.8 Å². The summed E-state index contributed by atoms with van der Waals surface area (Å²) in [5.41, 5.74) is 4.37. The molecule has 1 saturated heterocycles. The SMILES string of the molecule is Cc1nn(-c2ccc(F)cc2)c2nc(Cc3ccccc3)nc(N3CCN(C(=O)Cc4ccccc4)CC3)c12. The zero-order valence-electron chi connectivity index (χ0n) is 21.8. The number of benzene rings is 3. The molecule has 7 nitrogen and oxygen atoms in total. The number of anilines is 1. The van der Waals surface area contributed by atoms with Crippen molar-refractivity contribution in [3.05, 3.63) is 113 Å². The van der Waals surface area contributed by atoms with Gasteiger partial charge in [0.2, 0.25) is 5.91 Å². The summed E-state index contributed by atoms with van der Waals surface area (Å²) in [6.07, 6.45) is 0.982. The van der Waals surface area contributed by atoms with Crippen molar-refractivity contribution in [2.75, 3.05) is 31.1 Å². The van der Waals surface area contributed by atoms with Crippen molar-refractivity contribution in [1.82, 2.24) is 24.6 Å². The second-order valence-electron chi connectivity index (χ2n) is 9.83. The summed E-state index contributed by atoms with van der Waals surface area (Å²) < 4.78 is 15.4. The van der Waals surface area contributed by atoms with E-state index in [1.54, 1.807) is 16.8 Å². The molecule has 2 aromatic heterocycles. The summed E-state index contributed by atoms with van der Waals surface area (Å²) in [4.78, 5) is 27.1. The monoisotopic (exact) mass is 520 g/mol. The van der Waals surface area contributed by atoms with Crippen molar-refractivity contribution in [2.45, 2.75) is 19.8 Å². The van der Waals surface area contributed by atoms with Crippen LogP contribution in [-0.2, 0) is 17.6 Å². The van der Waals surface area contributed by atoms with E-state index in [0.717, 1.165) is 33.7 Å². The van der Waals surface area contributed by atoms with Gasteiger partial charge in [0.1, 0.15) is 17.5 Å². The Bertz CT molecular complexity index is 1590. The fraction of sp³-hybridized carbons (Fsp3) is 0.226. The highest BCUT2D eigenvalue weighted by atomic mass is 19.1. The number of nitrogens with zero attached hydrogens (tertiary/aromatic N) is 6. The summed E-state index contributed by atoms with van der Waals surface area (Å²) >= 11 is 0. The molecule has 0 saturated carbocycles. The maximum absolute atomic E-state index is 13.7. The molecule has 0 radical (unpaired) electrons. The summed E-state index contributed by atoms with van der Waals surface area (Å²) in [6.45, 7) is 4.52. The lowest BCUT2D eigenvalue weighted by Gasteiger charge is -2.36. The Morgan fingerprint density at radius 3 is 2.13 bits per heavy atom. The molecule has 1 fully saturated rings. The molecule has 0 N–H and O–H groups in total. The third-order valence-corrected chi connectivity index (χ3v) is 7.14. The first-order valence-corrected chi connectivity index (χ1v) is 13.2. The van der Waals surface area contributed by atoms with Crippen LogP contribution in [0.15, 0.2) is 84.9 Å². The zero-order chi connectivity index (χ0) is 26.8. The highest BCUT2D eigenvalue weighted by molar-refractivity contribution is 5.91. The van der Waals surface area contributed by atoms with Gasteiger partial charge in [-0.05, 0) is 42.3 Å². The molecule has 0 aliphatic carbocycles. The fourth-order valence-electron chi connectivity index (χ4n) is 5.10. The van der Waals surface area contributed by atoms with Crippen LogP contribution in [0.5, 0.6) is 0 Å². The molecule has 8 heteroatoms. The van der Waals surface area contributed by atoms with Crippen LogP contribution in [0.1, 0.15) is 22.6 Å². The third kappa shape index (κ3) is 5.23. The van der Waals surface area contributed by atoms with Crippen molar-refractivity contribution in [2.24, 2.45) is 0 Å². The summed E-state index contributed by atoms with van der Waals surface area (Å²) in [7, 11) is 0. The minimum atomic E-state index is -0.299. The molecule has 1 aliphatic heterocycles. The Kier molecular flexibility index (Phi) is 6.75. The maximum atomic E-state index is 13.7. The molecule has 0 unspecified atom stereocenters. The molecular formula is C31H29FN6O. The molecule has 6 rings (SSSR count). The molecule has 1 aliphatic rings. The van der Waals surface area contributed by atoms with Gasteiger partial charge in [0.05, 0.1) is 23.2 Å². The largest absolute Gasteiger partial charge is 0.352 e. The molecule has 0 atom stereocenters. The van der Waals surface area contributed by atoms with E-state index in [4.69, 9.17) is 15.1 Å². The number of halogens is 1. The maximum Gasteiger partial charge on any atom is 0.227 e. The van der Waals surface area contributed by atoms with Gasteiger partial charge in [0.25, 0.3) is 0 Å². The number of rotatable bonds is 6. The van der Waals surface area contributed by atoms with Crippen LogP contribution in [0.4, 0.5) is 10.2 Å². The Morgan fingerprint density at radius 2 is 1.46 bits per heavy atom. The molecule has 196 valence electrons. The molecule has 1 amide bonds. The van der Waals surface area contributed by atoms with Gasteiger partial charge >= 0.3 is 0 Å². The van der Waals surface area contributed by atoms with Crippen LogP contribution >= 0.6 is 0 Å². The first kappa shape index (κ1) is 24.7. The van der Waals surface area contributed by atoms with E-state index in [9.17, 15) is 9.18 Å². The molecule has 0 bridgehead atoms. The molecule has 3 aromatic carbocycles. The number of piperazine rings is 1. The van der Waals surface area contributed by atoms with E-state index < -0.39 is 0 Å². The predicted molar refractivity (Wildman–Crippen MR) is 150 cm³/mol. The Morgan fingerprint density at radius 1 is 0.821 bits per heavy atom. The van der Waals surface area contributed by atoms with E-state index in [2.05, 4.69) is 17.0 Å². The quantitative estimate of drug-likeness (QED) is 0.323. The van der Waals surface area contributed by atoms with Crippen LogP contribution in [0.3, 0.4) is 0 Å². The number of carbonyl (C=O) groups excluding carboxylic acids is 1. The topological polar surface area (TPSA) is 67.2 Å². The lowest BCUT2D eigenvalue weighted by atomic mass is 10.1. The lowest BCUT2D eigenvalue weighted by Crippen LogP contribution is -2.49. The number of amides is 1. The van der Waals surface area contributed by atoms with Crippen LogP contribution in [0.25, 0.3) is 16.7 Å². The van der Waals surface area contributed by atoms with Crippen molar-refractivity contribution < 1.29 is 9.18 Å². The van der Waals surface area contributed by atoms with Crippen LogP contribution in [-0.4, -0.2) is 56.7 Å². The zero-order valence-corrected chi connectivity index (χ0v) is 21.8. The van der Waals surface area contributed by atoms with Crippen molar-refractivity contribution in [3.63, 3.8) is 0 Å². The van der Waals surface area contributed by atoms with E-state index in [1.165, 1.54) is 12.1 Å². The van der Waals surface area contributed by atoms with Crippen molar-refractivity contribution in [3.8, 4) is 5.69 Å². The highest BCUT2D eigenvalue weighted by Gasteiger charge is 2.26. The molecule has 0 spiro atoms. The predicted octanol–water partition coefficient (Wildman–Crippen LogP) is 4.75. The Labute approximate surface area is 226 Å². The highest BCUT2D eigenvalue weighted by Crippen LogP contribution is 2.30. The van der Waals surface area contributed by atoms with Gasteiger partial charge in [-0.3, -0.25) is 4.79 Å². The average molecular weight is 521 g/mol. The first-order chi connectivity index (χ1) is 19.0. The number of carbonyl (C=O) groups is 1. The second kappa shape index (κ2) is 10.6. The molecule has 39 heavy (non-hydrogen) atoms. The smallest absolute Gasteiger partial charge is 0.227 e. The first-order valence-electron chi connectivity index (χ1n) is 13.2. The number of hydrogen-bond donors (Lipinski definition) is 0. The summed E-state index contributed by atoms with van der Waals surface area (Å²) in [5.74, 6) is 1.35. The normalized spacial score (nSPS) is 13.7. The van der Waals surface area contributed by atoms with Crippen LogP contribution in [0.2, 0.25) is 0 Å². The van der Waals surface area contributed by atoms with Gasteiger partial charge in [-0.25, -0.2) is 19.0 Å². The molecule has 3 heterocycles. The number of aromatic nitrogens is 4. The molecule has 5 aromatic rings. The standard InChI is InChI=1S/C31H29FN6O/c1-22-29-30(37-18-16-36(17-19-37)28(39)21-24-10-6-3-7-11-24)33-27(20-23-8-4-2-5-9-23)34-31(29)38(35-22)26-14-12-25(32)13-15-26/h2-15H,16-21H2,1H3. The molecular weight excluding hydrogens is 491 g/mol. The fourth-order valence-corrected chi connectivity index (χ4v) is 5.10. The van der Waals surface area contributed by atoms with Crippen molar-refractivity contribution in [1.29, 1.82) is 0 Å². The minimum Gasteiger partial charge on any atom is -0.352 e. The lowest BCUT2D eigenvalue weighted by molar-refractivity contribution is -0.130. The number of aryl methyl sites for hydroxylation is 1. The van der Waals surface area contributed by atoms with Crippen LogP contribution < -0.4 is 4.90 Å². The van der Waals surface area contributed by atoms with Crippen LogP contribution in [0, 0.1) is 12.7 Å². The van der Waals surface area contributed by atoms with Gasteiger partial charge < -0.3 is 9.80 Å². The number of hydrogen-bond acceptors (Lipinski definition) is 5. The Hall–Kier alpha value is -4.59. The van der Waals surface area contributed by atoms with Gasteiger partial charge in [-0.15, -0.1) is 0 Å². The number of fused-ring (bicyclic) bond motifs is 1. The average Bonchev–Trinajstić information content (AvgIpc) is 3.30. The van der Waals surface area contributed by atoms with E-state index in [0.29, 0.717) is 50.5 Å². The summed E-state index contributed by atoms with van der Waals surface area (Å²) in [6, 6.07) is 26.3. The van der Waals surface area contributed by atoms with Gasteiger partial charge in [0, 0.05) is 32.6 Å². The minimum absolute atomic E-state index is 0.138. The van der Waals surface area contributed by atoms with Gasteiger partial charge in [0.15, 0.2) is 5.65 Å². The van der Waals surface area contributed by atoms with Gasteiger partial charge in [-0.1, -0.05) is 60.7 Å². The summed E-state index contributed by atoms with van der Waals surface area (Å²) in [5, 5.41) is 5.66. The van der Waals surface area contributed by atoms with E-state index >= 15 is 0 Å². The van der Waals surface area contributed by atoms with Gasteiger partial charge in [-0.2, -0.15) is 5.10 Å².